The molecule has 112 valence electrons. The molecule has 21 heavy (non-hydrogen) atoms. The highest BCUT2D eigenvalue weighted by Gasteiger charge is 2.16. The normalized spacial score (nSPS) is 12.2. The van der Waals surface area contributed by atoms with Crippen LogP contribution in [0.4, 0.5) is 5.82 Å². The average molecular weight is 288 g/mol. The topological polar surface area (TPSA) is 64.4 Å². The average Bonchev–Trinajstić information content (AvgIpc) is 2.84. The summed E-state index contributed by atoms with van der Waals surface area (Å²) >= 11 is 0. The zero-order chi connectivity index (χ0) is 15.4. The van der Waals surface area contributed by atoms with Crippen LogP contribution in [-0.4, -0.2) is 17.2 Å². The Hall–Kier alpha value is -2.30. The number of aromatic nitrogens is 1. The van der Waals surface area contributed by atoms with Crippen LogP contribution in [0.5, 0.6) is 5.75 Å². The summed E-state index contributed by atoms with van der Waals surface area (Å²) in [5.41, 5.74) is 1.23. The molecule has 0 saturated heterocycles. The number of aryl methyl sites for hydroxylation is 1. The molecule has 1 N–H and O–H groups in total. The van der Waals surface area contributed by atoms with Crippen molar-refractivity contribution in [2.75, 3.05) is 5.32 Å². The molecule has 0 aliphatic rings. The van der Waals surface area contributed by atoms with Crippen LogP contribution in [0, 0.1) is 6.92 Å². The van der Waals surface area contributed by atoms with Crippen LogP contribution in [0.15, 0.2) is 34.9 Å². The lowest BCUT2D eigenvalue weighted by atomic mass is 10.0. The fourth-order valence-electron chi connectivity index (χ4n) is 1.84. The van der Waals surface area contributed by atoms with E-state index in [-0.39, 0.29) is 5.91 Å². The van der Waals surface area contributed by atoms with E-state index < -0.39 is 6.10 Å². The number of hydrogen-bond acceptors (Lipinski definition) is 4. The molecular weight excluding hydrogens is 268 g/mol. The van der Waals surface area contributed by atoms with E-state index in [1.54, 1.807) is 19.9 Å². The van der Waals surface area contributed by atoms with Gasteiger partial charge in [-0.1, -0.05) is 31.1 Å². The van der Waals surface area contributed by atoms with Crippen LogP contribution in [0.2, 0.25) is 0 Å². The summed E-state index contributed by atoms with van der Waals surface area (Å²) in [4.78, 5) is 12.0. The zero-order valence-corrected chi connectivity index (χ0v) is 12.7. The van der Waals surface area contributed by atoms with E-state index in [0.717, 1.165) is 0 Å². The lowest BCUT2D eigenvalue weighted by Gasteiger charge is -2.14. The van der Waals surface area contributed by atoms with Crippen LogP contribution in [0.3, 0.4) is 0 Å². The van der Waals surface area contributed by atoms with Gasteiger partial charge in [-0.05, 0) is 37.5 Å². The van der Waals surface area contributed by atoms with Gasteiger partial charge in [-0.25, -0.2) is 0 Å². The van der Waals surface area contributed by atoms with E-state index in [1.165, 1.54) is 5.56 Å². The van der Waals surface area contributed by atoms with Crippen LogP contribution >= 0.6 is 0 Å². The van der Waals surface area contributed by atoms with Gasteiger partial charge in [0.05, 0.1) is 0 Å². The molecule has 1 amide bonds. The van der Waals surface area contributed by atoms with Gasteiger partial charge in [-0.2, -0.15) is 0 Å². The third kappa shape index (κ3) is 4.08. The number of nitrogens with one attached hydrogen (secondary N) is 1. The number of rotatable bonds is 5. The van der Waals surface area contributed by atoms with Gasteiger partial charge in [0.1, 0.15) is 11.5 Å². The maximum absolute atomic E-state index is 12.0. The Morgan fingerprint density at radius 3 is 2.43 bits per heavy atom. The second kappa shape index (κ2) is 6.43. The molecule has 1 aromatic heterocycles. The fourth-order valence-corrected chi connectivity index (χ4v) is 1.84. The highest BCUT2D eigenvalue weighted by molar-refractivity contribution is 5.93. The molecular formula is C16H20N2O3. The van der Waals surface area contributed by atoms with Crippen LogP contribution in [0.25, 0.3) is 0 Å². The molecule has 5 nitrogen and oxygen atoms in total. The summed E-state index contributed by atoms with van der Waals surface area (Å²) < 4.78 is 10.5. The lowest BCUT2D eigenvalue weighted by Crippen LogP contribution is -2.30. The summed E-state index contributed by atoms with van der Waals surface area (Å²) in [6.07, 6.45) is -0.619. The van der Waals surface area contributed by atoms with Crippen LogP contribution in [0.1, 0.15) is 38.0 Å². The van der Waals surface area contributed by atoms with Gasteiger partial charge in [0.2, 0.25) is 0 Å². The SMILES string of the molecule is Cc1cc(NC(=O)[C@H](C)Oc2ccc(C(C)C)cc2)no1. The molecule has 2 rings (SSSR count). The van der Waals surface area contributed by atoms with Crippen molar-refractivity contribution in [3.63, 3.8) is 0 Å². The van der Waals surface area contributed by atoms with Crippen LogP contribution < -0.4 is 10.1 Å². The second-order valence-corrected chi connectivity index (χ2v) is 5.30. The molecule has 1 atom stereocenters. The quantitative estimate of drug-likeness (QED) is 0.914. The molecule has 2 aromatic rings. The maximum atomic E-state index is 12.0. The Bertz CT molecular complexity index is 602. The molecule has 0 saturated carbocycles. The number of ether oxygens (including phenoxy) is 1. The van der Waals surface area contributed by atoms with Gasteiger partial charge in [-0.3, -0.25) is 4.79 Å². The largest absolute Gasteiger partial charge is 0.481 e. The van der Waals surface area contributed by atoms with E-state index >= 15 is 0 Å². The Kier molecular flexibility index (Phi) is 4.62. The minimum Gasteiger partial charge on any atom is -0.481 e. The molecule has 1 aromatic carbocycles. The molecule has 5 heteroatoms. The first kappa shape index (κ1) is 15.1. The standard InChI is InChI=1S/C16H20N2O3/c1-10(2)13-5-7-14(8-6-13)20-12(4)16(19)17-15-9-11(3)21-18-15/h5-10,12H,1-4H3,(H,17,18,19)/t12-/m0/s1. The number of carbonyl (C=O) groups is 1. The predicted molar refractivity (Wildman–Crippen MR) is 80.5 cm³/mol. The fraction of sp³-hybridized carbons (Fsp3) is 0.375. The summed E-state index contributed by atoms with van der Waals surface area (Å²) in [5.74, 6) is 1.90. The Labute approximate surface area is 124 Å². The van der Waals surface area contributed by atoms with E-state index in [2.05, 4.69) is 24.3 Å². The van der Waals surface area contributed by atoms with Crippen molar-refractivity contribution >= 4 is 11.7 Å². The Morgan fingerprint density at radius 1 is 1.24 bits per heavy atom. The first-order chi connectivity index (χ1) is 9.95. The van der Waals surface area contributed by atoms with E-state index in [9.17, 15) is 4.79 Å². The zero-order valence-electron chi connectivity index (χ0n) is 12.7. The molecule has 1 heterocycles. The number of carbonyl (C=O) groups excluding carboxylic acids is 1. The first-order valence-corrected chi connectivity index (χ1v) is 6.96. The van der Waals surface area contributed by atoms with Gasteiger partial charge < -0.3 is 14.6 Å². The van der Waals surface area contributed by atoms with Gasteiger partial charge >= 0.3 is 0 Å². The van der Waals surface area contributed by atoms with Gasteiger partial charge in [0, 0.05) is 6.07 Å². The number of nitrogens with zero attached hydrogens (tertiary/aromatic N) is 1. The third-order valence-electron chi connectivity index (χ3n) is 3.11. The highest BCUT2D eigenvalue weighted by atomic mass is 16.5. The minimum absolute atomic E-state index is 0.267. The van der Waals surface area contributed by atoms with Gasteiger partial charge in [0.15, 0.2) is 11.9 Å². The smallest absolute Gasteiger partial charge is 0.266 e. The number of amides is 1. The van der Waals surface area contributed by atoms with Crippen molar-refractivity contribution in [1.82, 2.24) is 5.16 Å². The van der Waals surface area contributed by atoms with Crippen molar-refractivity contribution in [3.8, 4) is 5.75 Å². The van der Waals surface area contributed by atoms with Crippen molar-refractivity contribution < 1.29 is 14.1 Å². The van der Waals surface area contributed by atoms with Crippen molar-refractivity contribution in [2.45, 2.75) is 39.7 Å². The number of benzene rings is 1. The Morgan fingerprint density at radius 2 is 1.90 bits per heavy atom. The minimum atomic E-state index is -0.619. The van der Waals surface area contributed by atoms with Crippen molar-refractivity contribution in [2.24, 2.45) is 0 Å². The summed E-state index contributed by atoms with van der Waals surface area (Å²) in [5, 5.41) is 6.36. The van der Waals surface area contributed by atoms with Gasteiger partial charge in [0.25, 0.3) is 5.91 Å². The monoisotopic (exact) mass is 288 g/mol. The molecule has 0 aliphatic carbocycles. The second-order valence-electron chi connectivity index (χ2n) is 5.30. The molecule has 0 aliphatic heterocycles. The van der Waals surface area contributed by atoms with Gasteiger partial charge in [-0.15, -0.1) is 0 Å². The maximum Gasteiger partial charge on any atom is 0.266 e. The summed E-state index contributed by atoms with van der Waals surface area (Å²) in [6, 6.07) is 9.41. The summed E-state index contributed by atoms with van der Waals surface area (Å²) in [7, 11) is 0. The van der Waals surface area contributed by atoms with E-state index in [0.29, 0.717) is 23.2 Å². The molecule has 0 bridgehead atoms. The van der Waals surface area contributed by atoms with Crippen LogP contribution in [-0.2, 0) is 4.79 Å². The summed E-state index contributed by atoms with van der Waals surface area (Å²) in [6.45, 7) is 7.72. The van der Waals surface area contributed by atoms with Crippen molar-refractivity contribution in [1.29, 1.82) is 0 Å². The highest BCUT2D eigenvalue weighted by Crippen LogP contribution is 2.19. The predicted octanol–water partition coefficient (Wildman–Crippen LogP) is 3.51. The van der Waals surface area contributed by atoms with Crippen molar-refractivity contribution in [3.05, 3.63) is 41.7 Å². The Balaban J connectivity index is 1.93. The lowest BCUT2D eigenvalue weighted by molar-refractivity contribution is -0.122. The number of anilines is 1. The van der Waals surface area contributed by atoms with E-state index in [1.807, 2.05) is 24.3 Å². The molecule has 0 spiro atoms. The molecule has 0 fully saturated rings. The third-order valence-corrected chi connectivity index (χ3v) is 3.11. The first-order valence-electron chi connectivity index (χ1n) is 6.96. The molecule has 0 radical (unpaired) electrons. The number of hydrogen-bond donors (Lipinski definition) is 1. The molecule has 0 unspecified atom stereocenters. The van der Waals surface area contributed by atoms with E-state index in [4.69, 9.17) is 9.26 Å².